The van der Waals surface area contributed by atoms with Crippen molar-refractivity contribution in [3.8, 4) is 11.1 Å². The van der Waals surface area contributed by atoms with E-state index >= 15 is 0 Å². The number of anilines is 2. The molecule has 2 aromatic carbocycles. The Morgan fingerprint density at radius 3 is 1.41 bits per heavy atom. The molecule has 0 radical (unpaired) electrons. The Labute approximate surface area is 161 Å². The van der Waals surface area contributed by atoms with Crippen LogP contribution in [0.15, 0.2) is 36.4 Å². The molecule has 1 aliphatic carbocycles. The highest BCUT2D eigenvalue weighted by atomic mass is 16.2. The number of benzene rings is 2. The van der Waals surface area contributed by atoms with E-state index in [1.54, 1.807) is 0 Å². The van der Waals surface area contributed by atoms with Crippen LogP contribution in [0.1, 0.15) is 52.7 Å². The van der Waals surface area contributed by atoms with Crippen LogP contribution in [0.25, 0.3) is 11.1 Å². The number of hydrogen-bond acceptors (Lipinski definition) is 2. The van der Waals surface area contributed by atoms with E-state index in [-0.39, 0.29) is 11.8 Å². The highest BCUT2D eigenvalue weighted by Crippen LogP contribution is 2.39. The monoisotopic (exact) mass is 364 g/mol. The van der Waals surface area contributed by atoms with E-state index in [9.17, 15) is 9.59 Å². The van der Waals surface area contributed by atoms with Crippen LogP contribution in [0.4, 0.5) is 11.4 Å². The predicted molar refractivity (Wildman–Crippen MR) is 111 cm³/mol. The van der Waals surface area contributed by atoms with Crippen molar-refractivity contribution < 1.29 is 9.59 Å². The molecule has 0 saturated heterocycles. The molecular weight excluding hydrogens is 336 g/mol. The number of carbonyl (C=O) groups is 2. The number of hydrogen-bond donors (Lipinski definition) is 2. The molecule has 0 heterocycles. The Bertz CT molecular complexity index is 839. The third-order valence-electron chi connectivity index (χ3n) is 4.76. The van der Waals surface area contributed by atoms with Gasteiger partial charge in [-0.15, -0.1) is 0 Å². The molecule has 27 heavy (non-hydrogen) atoms. The minimum atomic E-state index is -0.428. The van der Waals surface area contributed by atoms with Crippen molar-refractivity contribution in [2.45, 2.75) is 48.0 Å². The molecule has 2 aromatic rings. The van der Waals surface area contributed by atoms with Gasteiger partial charge in [0.05, 0.1) is 0 Å². The lowest BCUT2D eigenvalue weighted by molar-refractivity contribution is -0.123. The SMILES string of the molecule is CC(C)(C)C(=O)Nc1ccc2c(c1)Cc1cc(NC(=O)C(C)(C)C)ccc1-2. The maximum Gasteiger partial charge on any atom is 0.229 e. The van der Waals surface area contributed by atoms with Crippen LogP contribution in [-0.2, 0) is 16.0 Å². The molecule has 2 N–H and O–H groups in total. The molecule has 0 aliphatic heterocycles. The molecule has 2 amide bonds. The first-order valence-electron chi connectivity index (χ1n) is 9.34. The Kier molecular flexibility index (Phi) is 4.62. The topological polar surface area (TPSA) is 58.2 Å². The van der Waals surface area contributed by atoms with Crippen molar-refractivity contribution in [2.24, 2.45) is 10.8 Å². The van der Waals surface area contributed by atoms with Gasteiger partial charge in [-0.3, -0.25) is 9.59 Å². The average Bonchev–Trinajstić information content (AvgIpc) is 2.89. The second kappa shape index (κ2) is 6.52. The van der Waals surface area contributed by atoms with Gasteiger partial charge in [0.25, 0.3) is 0 Å². The van der Waals surface area contributed by atoms with Gasteiger partial charge in [-0.25, -0.2) is 0 Å². The quantitative estimate of drug-likeness (QED) is 0.654. The van der Waals surface area contributed by atoms with E-state index in [4.69, 9.17) is 0 Å². The van der Waals surface area contributed by atoms with Gasteiger partial charge < -0.3 is 10.6 Å². The molecule has 0 aromatic heterocycles. The summed E-state index contributed by atoms with van der Waals surface area (Å²) in [6.45, 7) is 11.4. The van der Waals surface area contributed by atoms with E-state index < -0.39 is 10.8 Å². The maximum absolute atomic E-state index is 12.2. The van der Waals surface area contributed by atoms with Crippen LogP contribution < -0.4 is 10.6 Å². The van der Waals surface area contributed by atoms with Gasteiger partial charge in [-0.2, -0.15) is 0 Å². The largest absolute Gasteiger partial charge is 0.326 e. The van der Waals surface area contributed by atoms with Gasteiger partial charge in [0, 0.05) is 22.2 Å². The van der Waals surface area contributed by atoms with Gasteiger partial charge in [-0.1, -0.05) is 53.7 Å². The third kappa shape index (κ3) is 4.05. The first-order chi connectivity index (χ1) is 12.4. The summed E-state index contributed by atoms with van der Waals surface area (Å²) in [6, 6.07) is 12.1. The van der Waals surface area contributed by atoms with Crippen LogP contribution in [0.2, 0.25) is 0 Å². The lowest BCUT2D eigenvalue weighted by Crippen LogP contribution is -2.27. The fourth-order valence-electron chi connectivity index (χ4n) is 3.00. The van der Waals surface area contributed by atoms with Crippen LogP contribution in [-0.4, -0.2) is 11.8 Å². The normalized spacial score (nSPS) is 13.0. The molecule has 0 spiro atoms. The molecule has 1 aliphatic rings. The summed E-state index contributed by atoms with van der Waals surface area (Å²) < 4.78 is 0. The number of carbonyl (C=O) groups excluding carboxylic acids is 2. The highest BCUT2D eigenvalue weighted by molar-refractivity contribution is 5.96. The molecule has 0 saturated carbocycles. The molecule has 142 valence electrons. The number of rotatable bonds is 2. The standard InChI is InChI=1S/C23H28N2O2/c1-22(2,3)20(26)24-16-7-9-18-14(12-16)11-15-13-17(8-10-19(15)18)25-21(27)23(4,5)6/h7-10,12-13H,11H2,1-6H3,(H,24,26)(H,25,27). The smallest absolute Gasteiger partial charge is 0.229 e. The second-order valence-corrected chi connectivity index (χ2v) is 9.33. The molecule has 4 heteroatoms. The average molecular weight is 364 g/mol. The summed E-state index contributed by atoms with van der Waals surface area (Å²) in [5.41, 5.74) is 5.54. The molecule has 0 atom stereocenters. The van der Waals surface area contributed by atoms with Gasteiger partial charge in [0.1, 0.15) is 0 Å². The zero-order chi connectivity index (χ0) is 20.0. The molecule has 4 nitrogen and oxygen atoms in total. The Morgan fingerprint density at radius 1 is 0.704 bits per heavy atom. The van der Waals surface area contributed by atoms with Crippen LogP contribution in [0, 0.1) is 10.8 Å². The molecule has 0 bridgehead atoms. The maximum atomic E-state index is 12.2. The van der Waals surface area contributed by atoms with E-state index in [1.807, 2.05) is 65.8 Å². The summed E-state index contributed by atoms with van der Waals surface area (Å²) in [6.07, 6.45) is 0.795. The lowest BCUT2D eigenvalue weighted by Gasteiger charge is -2.18. The lowest BCUT2D eigenvalue weighted by atomic mass is 9.95. The fourth-order valence-corrected chi connectivity index (χ4v) is 3.00. The highest BCUT2D eigenvalue weighted by Gasteiger charge is 2.24. The third-order valence-corrected chi connectivity index (χ3v) is 4.76. The molecule has 0 fully saturated rings. The number of fused-ring (bicyclic) bond motifs is 3. The first kappa shape index (κ1) is 19.2. The van der Waals surface area contributed by atoms with Crippen LogP contribution in [0.3, 0.4) is 0 Å². The summed E-state index contributed by atoms with van der Waals surface area (Å²) in [5, 5.41) is 5.99. The van der Waals surface area contributed by atoms with Crippen molar-refractivity contribution in [3.05, 3.63) is 47.5 Å². The number of nitrogens with one attached hydrogen (secondary N) is 2. The van der Waals surface area contributed by atoms with E-state index in [2.05, 4.69) is 22.8 Å². The van der Waals surface area contributed by atoms with E-state index in [1.165, 1.54) is 22.3 Å². The van der Waals surface area contributed by atoms with Gasteiger partial charge in [-0.05, 0) is 52.9 Å². The summed E-state index contributed by atoms with van der Waals surface area (Å²) in [7, 11) is 0. The van der Waals surface area contributed by atoms with Crippen LogP contribution >= 0.6 is 0 Å². The molecule has 0 unspecified atom stereocenters. The van der Waals surface area contributed by atoms with Crippen molar-refractivity contribution >= 4 is 23.2 Å². The fraction of sp³-hybridized carbons (Fsp3) is 0.391. The predicted octanol–water partition coefficient (Wildman–Crippen LogP) is 5.23. The number of amides is 2. The molecular formula is C23H28N2O2. The summed E-state index contributed by atoms with van der Waals surface area (Å²) in [5.74, 6) is 0.00952. The van der Waals surface area contributed by atoms with Crippen molar-refractivity contribution in [1.82, 2.24) is 0 Å². The zero-order valence-corrected chi connectivity index (χ0v) is 17.0. The molecule has 3 rings (SSSR count). The van der Waals surface area contributed by atoms with Crippen molar-refractivity contribution in [1.29, 1.82) is 0 Å². The summed E-state index contributed by atoms with van der Waals surface area (Å²) in [4.78, 5) is 24.5. The first-order valence-corrected chi connectivity index (χ1v) is 9.34. The van der Waals surface area contributed by atoms with Gasteiger partial charge in [0.2, 0.25) is 11.8 Å². The Morgan fingerprint density at radius 2 is 1.07 bits per heavy atom. The minimum absolute atomic E-state index is 0.00476. The Hall–Kier alpha value is -2.62. The van der Waals surface area contributed by atoms with Crippen molar-refractivity contribution in [3.63, 3.8) is 0 Å². The van der Waals surface area contributed by atoms with E-state index in [0.29, 0.717) is 0 Å². The van der Waals surface area contributed by atoms with E-state index in [0.717, 1.165) is 17.8 Å². The summed E-state index contributed by atoms with van der Waals surface area (Å²) >= 11 is 0. The zero-order valence-electron chi connectivity index (χ0n) is 17.0. The minimum Gasteiger partial charge on any atom is -0.326 e. The Balaban J connectivity index is 1.81. The van der Waals surface area contributed by atoms with Crippen molar-refractivity contribution in [2.75, 3.05) is 10.6 Å². The van der Waals surface area contributed by atoms with Gasteiger partial charge >= 0.3 is 0 Å². The van der Waals surface area contributed by atoms with Gasteiger partial charge in [0.15, 0.2) is 0 Å². The second-order valence-electron chi connectivity index (χ2n) is 9.33. The van der Waals surface area contributed by atoms with Crippen LogP contribution in [0.5, 0.6) is 0 Å².